The summed E-state index contributed by atoms with van der Waals surface area (Å²) in [7, 11) is 0. The first-order chi connectivity index (χ1) is 8.02. The van der Waals surface area contributed by atoms with Crippen molar-refractivity contribution in [3.8, 4) is 0 Å². The van der Waals surface area contributed by atoms with Gasteiger partial charge in [0.25, 0.3) is 0 Å². The summed E-state index contributed by atoms with van der Waals surface area (Å²) < 4.78 is 5.38. The number of ether oxygens (including phenoxy) is 1. The standard InChI is InChI=1S/C14H25NO3/c1-13(2,3)12(17)15-9-7-8-10(15)11(16)18-14(4,5)6/h10H,7-9H2,1-6H3/t10-/m0/s1. The first-order valence-corrected chi connectivity index (χ1v) is 6.56. The molecule has 0 aliphatic carbocycles. The lowest BCUT2D eigenvalue weighted by molar-refractivity contribution is -0.164. The van der Waals surface area contributed by atoms with E-state index >= 15 is 0 Å². The van der Waals surface area contributed by atoms with Crippen LogP contribution >= 0.6 is 0 Å². The molecule has 4 nitrogen and oxygen atoms in total. The molecule has 1 aliphatic rings. The van der Waals surface area contributed by atoms with E-state index in [9.17, 15) is 9.59 Å². The van der Waals surface area contributed by atoms with Crippen LogP contribution in [0.3, 0.4) is 0 Å². The van der Waals surface area contributed by atoms with E-state index < -0.39 is 17.1 Å². The van der Waals surface area contributed by atoms with Crippen molar-refractivity contribution >= 4 is 11.9 Å². The SMILES string of the molecule is CC(C)(C)OC(=O)[C@@H]1CCCN1C(=O)C(C)(C)C. The van der Waals surface area contributed by atoms with Crippen molar-refractivity contribution in [2.75, 3.05) is 6.54 Å². The molecule has 0 unspecified atom stereocenters. The van der Waals surface area contributed by atoms with Crippen LogP contribution in [0.25, 0.3) is 0 Å². The Balaban J connectivity index is 2.77. The maximum atomic E-state index is 12.3. The second-order valence-electron chi connectivity index (χ2n) is 6.94. The molecule has 0 spiro atoms. The summed E-state index contributed by atoms with van der Waals surface area (Å²) in [6.07, 6.45) is 1.57. The summed E-state index contributed by atoms with van der Waals surface area (Å²) in [6.45, 7) is 11.8. The minimum absolute atomic E-state index is 0.0239. The van der Waals surface area contributed by atoms with E-state index in [1.165, 1.54) is 0 Å². The van der Waals surface area contributed by atoms with Gasteiger partial charge < -0.3 is 9.64 Å². The number of hydrogen-bond acceptors (Lipinski definition) is 3. The molecule has 0 saturated carbocycles. The van der Waals surface area contributed by atoms with Crippen molar-refractivity contribution < 1.29 is 14.3 Å². The van der Waals surface area contributed by atoms with Crippen LogP contribution in [0.1, 0.15) is 54.4 Å². The molecule has 1 saturated heterocycles. The third-order valence-electron chi connectivity index (χ3n) is 2.83. The molecule has 104 valence electrons. The second-order valence-corrected chi connectivity index (χ2v) is 6.94. The maximum Gasteiger partial charge on any atom is 0.329 e. The van der Waals surface area contributed by atoms with Gasteiger partial charge in [-0.3, -0.25) is 4.79 Å². The number of amides is 1. The van der Waals surface area contributed by atoms with Gasteiger partial charge in [0, 0.05) is 12.0 Å². The van der Waals surface area contributed by atoms with Gasteiger partial charge in [0.2, 0.25) is 5.91 Å². The quantitative estimate of drug-likeness (QED) is 0.676. The Labute approximate surface area is 110 Å². The van der Waals surface area contributed by atoms with Crippen LogP contribution in [0.4, 0.5) is 0 Å². The molecule has 0 aromatic carbocycles. The van der Waals surface area contributed by atoms with Crippen molar-refractivity contribution in [1.82, 2.24) is 4.90 Å². The third-order valence-corrected chi connectivity index (χ3v) is 2.83. The number of carbonyl (C=O) groups is 2. The van der Waals surface area contributed by atoms with E-state index in [2.05, 4.69) is 0 Å². The highest BCUT2D eigenvalue weighted by Crippen LogP contribution is 2.27. The van der Waals surface area contributed by atoms with Gasteiger partial charge >= 0.3 is 5.97 Å². The minimum atomic E-state index is -0.504. The molecule has 0 bridgehead atoms. The lowest BCUT2D eigenvalue weighted by atomic mass is 9.94. The van der Waals surface area contributed by atoms with Crippen molar-refractivity contribution in [2.45, 2.75) is 66.0 Å². The molecule has 0 radical (unpaired) electrons. The van der Waals surface area contributed by atoms with E-state index in [1.54, 1.807) is 4.90 Å². The highest BCUT2D eigenvalue weighted by Gasteiger charge is 2.40. The summed E-state index contributed by atoms with van der Waals surface area (Å²) in [6, 6.07) is -0.407. The highest BCUT2D eigenvalue weighted by atomic mass is 16.6. The maximum absolute atomic E-state index is 12.3. The highest BCUT2D eigenvalue weighted by molar-refractivity contribution is 5.88. The van der Waals surface area contributed by atoms with Crippen LogP contribution in [0, 0.1) is 5.41 Å². The number of nitrogens with zero attached hydrogens (tertiary/aromatic N) is 1. The van der Waals surface area contributed by atoms with Gasteiger partial charge in [0.05, 0.1) is 0 Å². The smallest absolute Gasteiger partial charge is 0.329 e. The molecule has 0 aromatic heterocycles. The van der Waals surface area contributed by atoms with Gasteiger partial charge in [-0.15, -0.1) is 0 Å². The van der Waals surface area contributed by atoms with Gasteiger partial charge in [0.15, 0.2) is 0 Å². The zero-order valence-corrected chi connectivity index (χ0v) is 12.4. The Morgan fingerprint density at radius 2 is 1.67 bits per heavy atom. The third kappa shape index (κ3) is 3.72. The summed E-state index contributed by atoms with van der Waals surface area (Å²) in [5.74, 6) is -0.256. The van der Waals surface area contributed by atoms with Gasteiger partial charge in [-0.25, -0.2) is 4.79 Å². The minimum Gasteiger partial charge on any atom is -0.458 e. The summed E-state index contributed by atoms with van der Waals surface area (Å²) >= 11 is 0. The van der Waals surface area contributed by atoms with E-state index in [-0.39, 0.29) is 11.9 Å². The zero-order chi connectivity index (χ0) is 14.1. The summed E-state index contributed by atoms with van der Waals surface area (Å²) in [5.41, 5.74) is -0.958. The van der Waals surface area contributed by atoms with E-state index in [4.69, 9.17) is 4.74 Å². The lowest BCUT2D eigenvalue weighted by Gasteiger charge is -2.31. The van der Waals surface area contributed by atoms with E-state index in [0.29, 0.717) is 13.0 Å². The van der Waals surface area contributed by atoms with Crippen LogP contribution in [0.15, 0.2) is 0 Å². The molecule has 1 atom stereocenters. The Morgan fingerprint density at radius 1 is 1.11 bits per heavy atom. The van der Waals surface area contributed by atoms with Gasteiger partial charge in [-0.1, -0.05) is 20.8 Å². The van der Waals surface area contributed by atoms with Crippen molar-refractivity contribution in [3.63, 3.8) is 0 Å². The Bertz CT molecular complexity index is 336. The van der Waals surface area contributed by atoms with Crippen molar-refractivity contribution in [2.24, 2.45) is 5.41 Å². The average molecular weight is 255 g/mol. The number of carbonyl (C=O) groups excluding carboxylic acids is 2. The van der Waals surface area contributed by atoms with Crippen LogP contribution in [-0.2, 0) is 14.3 Å². The van der Waals surface area contributed by atoms with Crippen molar-refractivity contribution in [1.29, 1.82) is 0 Å². The van der Waals surface area contributed by atoms with Crippen LogP contribution in [0.5, 0.6) is 0 Å². The Morgan fingerprint density at radius 3 is 2.11 bits per heavy atom. The largest absolute Gasteiger partial charge is 0.458 e. The summed E-state index contributed by atoms with van der Waals surface area (Å²) in [5, 5.41) is 0. The molecule has 1 amide bonds. The molecule has 1 fully saturated rings. The molecule has 0 N–H and O–H groups in total. The van der Waals surface area contributed by atoms with Crippen LogP contribution in [0.2, 0.25) is 0 Å². The molecular weight excluding hydrogens is 230 g/mol. The topological polar surface area (TPSA) is 46.6 Å². The average Bonchev–Trinajstić information content (AvgIpc) is 2.60. The molecule has 0 aromatic rings. The first-order valence-electron chi connectivity index (χ1n) is 6.56. The van der Waals surface area contributed by atoms with Gasteiger partial charge in [-0.2, -0.15) is 0 Å². The van der Waals surface area contributed by atoms with E-state index in [0.717, 1.165) is 6.42 Å². The lowest BCUT2D eigenvalue weighted by Crippen LogP contribution is -2.47. The number of likely N-dealkylation sites (tertiary alicyclic amines) is 1. The molecule has 1 heterocycles. The van der Waals surface area contributed by atoms with Gasteiger partial charge in [-0.05, 0) is 33.6 Å². The predicted octanol–water partition coefficient (Wildman–Crippen LogP) is 2.37. The van der Waals surface area contributed by atoms with Crippen LogP contribution in [-0.4, -0.2) is 35.0 Å². The fraction of sp³-hybridized carbons (Fsp3) is 0.857. The molecule has 1 aliphatic heterocycles. The molecule has 1 rings (SSSR count). The summed E-state index contributed by atoms with van der Waals surface area (Å²) in [4.78, 5) is 26.0. The normalized spacial score (nSPS) is 21.0. The fourth-order valence-electron chi connectivity index (χ4n) is 2.06. The zero-order valence-electron chi connectivity index (χ0n) is 12.4. The van der Waals surface area contributed by atoms with E-state index in [1.807, 2.05) is 41.5 Å². The van der Waals surface area contributed by atoms with Gasteiger partial charge in [0.1, 0.15) is 11.6 Å². The fourth-order valence-corrected chi connectivity index (χ4v) is 2.06. The van der Waals surface area contributed by atoms with Crippen LogP contribution < -0.4 is 0 Å². The predicted molar refractivity (Wildman–Crippen MR) is 70.0 cm³/mol. The first kappa shape index (κ1) is 15.0. The second kappa shape index (κ2) is 4.90. The number of esters is 1. The molecule has 18 heavy (non-hydrogen) atoms. The number of rotatable bonds is 1. The molecule has 4 heteroatoms. The van der Waals surface area contributed by atoms with Crippen molar-refractivity contribution in [3.05, 3.63) is 0 Å². The number of hydrogen-bond donors (Lipinski definition) is 0. The Kier molecular flexibility index (Phi) is 4.08. The Hall–Kier alpha value is -1.06. The molecular formula is C14H25NO3. The monoisotopic (exact) mass is 255 g/mol.